The number of nitrogens with one attached hydrogen (secondary N) is 1. The Morgan fingerprint density at radius 2 is 1.78 bits per heavy atom. The summed E-state index contributed by atoms with van der Waals surface area (Å²) in [6, 6.07) is 9.87. The van der Waals surface area contributed by atoms with E-state index in [2.05, 4.69) is 5.32 Å². The molecule has 0 saturated carbocycles. The van der Waals surface area contributed by atoms with E-state index in [1.165, 1.54) is 12.1 Å². The van der Waals surface area contributed by atoms with E-state index in [1.54, 1.807) is 6.07 Å². The summed E-state index contributed by atoms with van der Waals surface area (Å²) in [5, 5.41) is 2.65. The summed E-state index contributed by atoms with van der Waals surface area (Å²) in [5.41, 5.74) is 1.91. The van der Waals surface area contributed by atoms with E-state index in [4.69, 9.17) is 0 Å². The van der Waals surface area contributed by atoms with Crippen LogP contribution in [0, 0.1) is 6.92 Å². The number of halogens is 3. The molecule has 1 N–H and O–H groups in total. The Morgan fingerprint density at radius 3 is 2.39 bits per heavy atom. The van der Waals surface area contributed by atoms with Crippen molar-refractivity contribution in [2.75, 3.05) is 5.32 Å². The molecular weight excluding hydrogens is 303 g/mol. The SMILES string of the molecule is Cc1ccc(NC(=O)c2cccc(C(F)(F)F)c2)cc1C(C)C. The summed E-state index contributed by atoms with van der Waals surface area (Å²) in [5.74, 6) is -0.268. The maximum Gasteiger partial charge on any atom is 0.416 e. The second-order valence-electron chi connectivity index (χ2n) is 5.76. The predicted octanol–water partition coefficient (Wildman–Crippen LogP) is 5.39. The van der Waals surface area contributed by atoms with E-state index in [9.17, 15) is 18.0 Å². The highest BCUT2D eigenvalue weighted by atomic mass is 19.4. The molecule has 122 valence electrons. The number of alkyl halides is 3. The van der Waals surface area contributed by atoms with Gasteiger partial charge in [0.05, 0.1) is 5.56 Å². The Bertz CT molecular complexity index is 720. The monoisotopic (exact) mass is 321 g/mol. The van der Waals surface area contributed by atoms with Crippen molar-refractivity contribution >= 4 is 11.6 Å². The molecule has 0 unspecified atom stereocenters. The van der Waals surface area contributed by atoms with E-state index >= 15 is 0 Å². The lowest BCUT2D eigenvalue weighted by molar-refractivity contribution is -0.137. The molecule has 2 aromatic rings. The fourth-order valence-electron chi connectivity index (χ4n) is 2.38. The number of anilines is 1. The maximum atomic E-state index is 12.7. The molecule has 0 aliphatic carbocycles. The molecule has 2 nitrogen and oxygen atoms in total. The molecule has 0 saturated heterocycles. The smallest absolute Gasteiger partial charge is 0.322 e. The Hall–Kier alpha value is -2.30. The van der Waals surface area contributed by atoms with Gasteiger partial charge in [-0.1, -0.05) is 26.0 Å². The normalized spacial score (nSPS) is 11.6. The number of carbonyl (C=O) groups excluding carboxylic acids is 1. The molecule has 0 atom stereocenters. The van der Waals surface area contributed by atoms with Crippen molar-refractivity contribution in [1.29, 1.82) is 0 Å². The lowest BCUT2D eigenvalue weighted by Gasteiger charge is -2.13. The van der Waals surface area contributed by atoms with Gasteiger partial charge in [0.1, 0.15) is 0 Å². The first-order valence-corrected chi connectivity index (χ1v) is 7.27. The van der Waals surface area contributed by atoms with E-state index in [-0.39, 0.29) is 5.56 Å². The molecule has 0 aliphatic heterocycles. The third-order valence-corrected chi connectivity index (χ3v) is 3.61. The Balaban J connectivity index is 2.24. The second kappa shape index (κ2) is 6.44. The van der Waals surface area contributed by atoms with Gasteiger partial charge in [-0.15, -0.1) is 0 Å². The van der Waals surface area contributed by atoms with Gasteiger partial charge in [-0.25, -0.2) is 0 Å². The van der Waals surface area contributed by atoms with Crippen molar-refractivity contribution in [3.63, 3.8) is 0 Å². The molecule has 0 aliphatic rings. The zero-order chi connectivity index (χ0) is 17.2. The van der Waals surface area contributed by atoms with Crippen LogP contribution in [-0.2, 0) is 6.18 Å². The summed E-state index contributed by atoms with van der Waals surface area (Å²) in [7, 11) is 0. The maximum absolute atomic E-state index is 12.7. The summed E-state index contributed by atoms with van der Waals surface area (Å²) < 4.78 is 38.1. The van der Waals surface area contributed by atoms with Crippen molar-refractivity contribution in [1.82, 2.24) is 0 Å². The van der Waals surface area contributed by atoms with Crippen molar-refractivity contribution in [2.24, 2.45) is 0 Å². The van der Waals surface area contributed by atoms with E-state index < -0.39 is 17.6 Å². The molecule has 5 heteroatoms. The van der Waals surface area contributed by atoms with Gasteiger partial charge in [0.25, 0.3) is 5.91 Å². The number of hydrogen-bond acceptors (Lipinski definition) is 1. The Kier molecular flexibility index (Phi) is 4.78. The van der Waals surface area contributed by atoms with Gasteiger partial charge in [0, 0.05) is 11.3 Å². The third kappa shape index (κ3) is 4.12. The van der Waals surface area contributed by atoms with E-state index in [0.717, 1.165) is 23.3 Å². The van der Waals surface area contributed by atoms with Crippen molar-refractivity contribution < 1.29 is 18.0 Å². The van der Waals surface area contributed by atoms with Crippen LogP contribution in [0.15, 0.2) is 42.5 Å². The van der Waals surface area contributed by atoms with Gasteiger partial charge in [-0.3, -0.25) is 4.79 Å². The summed E-state index contributed by atoms with van der Waals surface area (Å²) >= 11 is 0. The average Bonchev–Trinajstić information content (AvgIpc) is 2.48. The molecule has 0 aromatic heterocycles. The molecule has 0 radical (unpaired) electrons. The van der Waals surface area contributed by atoms with Crippen LogP contribution in [0.2, 0.25) is 0 Å². The number of aryl methyl sites for hydroxylation is 1. The Labute approximate surface area is 133 Å². The van der Waals surface area contributed by atoms with Crippen LogP contribution in [0.1, 0.15) is 46.8 Å². The molecule has 2 aromatic carbocycles. The minimum atomic E-state index is -4.47. The van der Waals surface area contributed by atoms with Crippen molar-refractivity contribution in [2.45, 2.75) is 32.9 Å². The second-order valence-corrected chi connectivity index (χ2v) is 5.76. The first-order valence-electron chi connectivity index (χ1n) is 7.27. The van der Waals surface area contributed by atoms with Crippen LogP contribution in [0.25, 0.3) is 0 Å². The predicted molar refractivity (Wildman–Crippen MR) is 84.7 cm³/mol. The molecule has 0 bridgehead atoms. The molecule has 0 heterocycles. The van der Waals surface area contributed by atoms with Gasteiger partial charge in [0.2, 0.25) is 0 Å². The van der Waals surface area contributed by atoms with E-state index in [1.807, 2.05) is 32.9 Å². The quantitative estimate of drug-likeness (QED) is 0.807. The average molecular weight is 321 g/mol. The number of rotatable bonds is 3. The first-order chi connectivity index (χ1) is 10.7. The number of carbonyl (C=O) groups is 1. The molecule has 0 fully saturated rings. The van der Waals surface area contributed by atoms with Crippen LogP contribution >= 0.6 is 0 Å². The van der Waals surface area contributed by atoms with Gasteiger partial charge >= 0.3 is 6.18 Å². The van der Waals surface area contributed by atoms with Crippen molar-refractivity contribution in [3.05, 3.63) is 64.7 Å². The van der Waals surface area contributed by atoms with Crippen LogP contribution < -0.4 is 5.32 Å². The number of benzene rings is 2. The zero-order valence-electron chi connectivity index (χ0n) is 13.2. The minimum absolute atomic E-state index is 0.0218. The topological polar surface area (TPSA) is 29.1 Å². The van der Waals surface area contributed by atoms with Crippen LogP contribution in [-0.4, -0.2) is 5.91 Å². The minimum Gasteiger partial charge on any atom is -0.322 e. The fourth-order valence-corrected chi connectivity index (χ4v) is 2.38. The fraction of sp³-hybridized carbons (Fsp3) is 0.278. The van der Waals surface area contributed by atoms with Crippen LogP contribution in [0.5, 0.6) is 0 Å². The highest BCUT2D eigenvalue weighted by Crippen LogP contribution is 2.30. The Morgan fingerprint density at radius 1 is 1.09 bits per heavy atom. The zero-order valence-corrected chi connectivity index (χ0v) is 13.2. The van der Waals surface area contributed by atoms with Gasteiger partial charge in [-0.2, -0.15) is 13.2 Å². The lowest BCUT2D eigenvalue weighted by Crippen LogP contribution is -2.14. The van der Waals surface area contributed by atoms with Crippen molar-refractivity contribution in [3.8, 4) is 0 Å². The summed E-state index contributed by atoms with van der Waals surface area (Å²) in [4.78, 5) is 12.2. The summed E-state index contributed by atoms with van der Waals surface area (Å²) in [6.45, 7) is 6.06. The largest absolute Gasteiger partial charge is 0.416 e. The molecule has 1 amide bonds. The van der Waals surface area contributed by atoms with Gasteiger partial charge < -0.3 is 5.32 Å². The molecule has 23 heavy (non-hydrogen) atoms. The first kappa shape index (κ1) is 17.1. The van der Waals surface area contributed by atoms with Gasteiger partial charge in [0.15, 0.2) is 0 Å². The van der Waals surface area contributed by atoms with Crippen LogP contribution in [0.4, 0.5) is 18.9 Å². The summed E-state index contributed by atoms with van der Waals surface area (Å²) in [6.07, 6.45) is -4.47. The standard InChI is InChI=1S/C18H18F3NO/c1-11(2)16-10-15(8-7-12(16)3)22-17(23)13-5-4-6-14(9-13)18(19,20)21/h4-11H,1-3H3,(H,22,23). The number of hydrogen-bond donors (Lipinski definition) is 1. The molecular formula is C18H18F3NO. The van der Waals surface area contributed by atoms with Gasteiger partial charge in [-0.05, 0) is 54.3 Å². The third-order valence-electron chi connectivity index (χ3n) is 3.61. The lowest BCUT2D eigenvalue weighted by atomic mass is 9.97. The molecule has 0 spiro atoms. The highest BCUT2D eigenvalue weighted by Gasteiger charge is 2.30. The molecule has 2 rings (SSSR count). The highest BCUT2D eigenvalue weighted by molar-refractivity contribution is 6.04. The number of amides is 1. The van der Waals surface area contributed by atoms with E-state index in [0.29, 0.717) is 11.6 Å². The van der Waals surface area contributed by atoms with Crippen LogP contribution in [0.3, 0.4) is 0 Å².